The molecule has 2 aromatic rings. The van der Waals surface area contributed by atoms with Gasteiger partial charge in [-0.15, -0.1) is 0 Å². The molecule has 0 aliphatic heterocycles. The van der Waals surface area contributed by atoms with E-state index in [0.29, 0.717) is 11.4 Å². The zero-order chi connectivity index (χ0) is 16.1. The molecule has 0 saturated carbocycles. The first-order chi connectivity index (χ1) is 10.5. The van der Waals surface area contributed by atoms with E-state index in [1.54, 1.807) is 6.92 Å². The van der Waals surface area contributed by atoms with E-state index in [9.17, 15) is 9.59 Å². The summed E-state index contributed by atoms with van der Waals surface area (Å²) in [4.78, 5) is 23.4. The van der Waals surface area contributed by atoms with Gasteiger partial charge in [-0.05, 0) is 30.2 Å². The fraction of sp³-hybridized carbons (Fsp3) is 0.176. The largest absolute Gasteiger partial charge is 0.478 e. The number of aromatic carboxylic acids is 1. The minimum Gasteiger partial charge on any atom is -0.478 e. The van der Waals surface area contributed by atoms with Gasteiger partial charge in [-0.1, -0.05) is 48.9 Å². The normalized spacial score (nSPS) is 11.7. The third-order valence-corrected chi connectivity index (χ3v) is 3.54. The number of anilines is 1. The maximum absolute atomic E-state index is 12.3. The van der Waals surface area contributed by atoms with Crippen LogP contribution in [0.4, 0.5) is 5.69 Å². The maximum Gasteiger partial charge on any atom is 0.337 e. The standard InChI is InChI=1S/C17H16ClNO3/c1-11(9-12-5-3-2-4-6-12)16(20)19-15-10-13(18)7-8-14(15)17(21)22/h2-8,10-11H,9H2,1H3,(H,19,20)(H,21,22). The molecule has 2 rings (SSSR count). The predicted molar refractivity (Wildman–Crippen MR) is 86.4 cm³/mol. The Bertz CT molecular complexity index is 686. The molecule has 2 aromatic carbocycles. The lowest BCUT2D eigenvalue weighted by Gasteiger charge is -2.14. The molecule has 0 aromatic heterocycles. The molecule has 5 heteroatoms. The number of carbonyl (C=O) groups is 2. The molecule has 0 saturated heterocycles. The Labute approximate surface area is 133 Å². The second-order valence-corrected chi connectivity index (χ2v) is 5.51. The molecule has 1 atom stereocenters. The Hall–Kier alpha value is -2.33. The molecule has 0 radical (unpaired) electrons. The van der Waals surface area contributed by atoms with Gasteiger partial charge in [-0.2, -0.15) is 0 Å². The lowest BCUT2D eigenvalue weighted by Crippen LogP contribution is -2.23. The van der Waals surface area contributed by atoms with Gasteiger partial charge in [0.15, 0.2) is 0 Å². The second-order valence-electron chi connectivity index (χ2n) is 5.08. The molecule has 1 unspecified atom stereocenters. The molecule has 0 aliphatic rings. The number of nitrogens with one attached hydrogen (secondary N) is 1. The van der Waals surface area contributed by atoms with Gasteiger partial charge in [0.25, 0.3) is 0 Å². The number of halogens is 1. The Kier molecular flexibility index (Phi) is 5.17. The Morgan fingerprint density at radius 2 is 1.86 bits per heavy atom. The number of amides is 1. The van der Waals surface area contributed by atoms with Crippen LogP contribution < -0.4 is 5.32 Å². The first-order valence-corrected chi connectivity index (χ1v) is 7.23. The first-order valence-electron chi connectivity index (χ1n) is 6.85. The van der Waals surface area contributed by atoms with Crippen LogP contribution in [-0.2, 0) is 11.2 Å². The lowest BCUT2D eigenvalue weighted by atomic mass is 10.00. The zero-order valence-corrected chi connectivity index (χ0v) is 12.8. The van der Waals surface area contributed by atoms with E-state index in [1.165, 1.54) is 18.2 Å². The second kappa shape index (κ2) is 7.09. The molecule has 0 fully saturated rings. The molecule has 1 amide bonds. The van der Waals surface area contributed by atoms with Gasteiger partial charge in [-0.25, -0.2) is 4.79 Å². The number of carbonyl (C=O) groups excluding carboxylic acids is 1. The topological polar surface area (TPSA) is 66.4 Å². The van der Waals surface area contributed by atoms with Crippen molar-refractivity contribution in [3.8, 4) is 0 Å². The van der Waals surface area contributed by atoms with Crippen molar-refractivity contribution < 1.29 is 14.7 Å². The van der Waals surface area contributed by atoms with Crippen LogP contribution in [0.3, 0.4) is 0 Å². The minimum absolute atomic E-state index is 0.0182. The smallest absolute Gasteiger partial charge is 0.337 e. The van der Waals surface area contributed by atoms with E-state index in [-0.39, 0.29) is 23.1 Å². The van der Waals surface area contributed by atoms with Gasteiger partial charge in [0.1, 0.15) is 0 Å². The lowest BCUT2D eigenvalue weighted by molar-refractivity contribution is -0.119. The van der Waals surface area contributed by atoms with Crippen molar-refractivity contribution in [1.82, 2.24) is 0 Å². The summed E-state index contributed by atoms with van der Waals surface area (Å²) in [6.07, 6.45) is 0.579. The molecule has 22 heavy (non-hydrogen) atoms. The summed E-state index contributed by atoms with van der Waals surface area (Å²) in [6, 6.07) is 13.9. The number of rotatable bonds is 5. The van der Waals surface area contributed by atoms with Crippen molar-refractivity contribution in [3.63, 3.8) is 0 Å². The fourth-order valence-corrected chi connectivity index (χ4v) is 2.29. The monoisotopic (exact) mass is 317 g/mol. The van der Waals surface area contributed by atoms with Gasteiger partial charge < -0.3 is 10.4 Å². The third-order valence-electron chi connectivity index (χ3n) is 3.30. The van der Waals surface area contributed by atoms with Crippen molar-refractivity contribution in [3.05, 3.63) is 64.7 Å². The summed E-state index contributed by atoms with van der Waals surface area (Å²) in [5.74, 6) is -1.64. The van der Waals surface area contributed by atoms with Gasteiger partial charge in [0.05, 0.1) is 11.3 Å². The molecule has 0 heterocycles. The quantitative estimate of drug-likeness (QED) is 0.880. The van der Waals surface area contributed by atoms with Crippen LogP contribution in [-0.4, -0.2) is 17.0 Å². The van der Waals surface area contributed by atoms with E-state index >= 15 is 0 Å². The van der Waals surface area contributed by atoms with Crippen molar-refractivity contribution >= 4 is 29.2 Å². The zero-order valence-electron chi connectivity index (χ0n) is 12.0. The molecular weight excluding hydrogens is 302 g/mol. The Morgan fingerprint density at radius 1 is 1.18 bits per heavy atom. The maximum atomic E-state index is 12.3. The SMILES string of the molecule is CC(Cc1ccccc1)C(=O)Nc1cc(Cl)ccc1C(=O)O. The summed E-state index contributed by atoms with van der Waals surface area (Å²) >= 11 is 5.87. The van der Waals surface area contributed by atoms with E-state index in [4.69, 9.17) is 16.7 Å². The minimum atomic E-state index is -1.11. The summed E-state index contributed by atoms with van der Waals surface area (Å²) in [6.45, 7) is 1.80. The highest BCUT2D eigenvalue weighted by molar-refractivity contribution is 6.31. The van der Waals surface area contributed by atoms with Crippen molar-refractivity contribution in [2.75, 3.05) is 5.32 Å². The summed E-state index contributed by atoms with van der Waals surface area (Å²) in [5.41, 5.74) is 1.28. The van der Waals surface area contributed by atoms with Crippen LogP contribution in [0.25, 0.3) is 0 Å². The van der Waals surface area contributed by atoms with Crippen molar-refractivity contribution in [2.24, 2.45) is 5.92 Å². The summed E-state index contributed by atoms with van der Waals surface area (Å²) in [5, 5.41) is 12.2. The van der Waals surface area contributed by atoms with Gasteiger partial charge in [0.2, 0.25) is 5.91 Å². The molecule has 0 aliphatic carbocycles. The number of carboxylic acid groups (broad SMARTS) is 1. The van der Waals surface area contributed by atoms with Crippen LogP contribution in [0.1, 0.15) is 22.8 Å². The number of hydrogen-bond donors (Lipinski definition) is 2. The van der Waals surface area contributed by atoms with E-state index in [1.807, 2.05) is 30.3 Å². The van der Waals surface area contributed by atoms with Crippen molar-refractivity contribution in [2.45, 2.75) is 13.3 Å². The van der Waals surface area contributed by atoms with Gasteiger partial charge in [0, 0.05) is 10.9 Å². The van der Waals surface area contributed by atoms with Crippen molar-refractivity contribution in [1.29, 1.82) is 0 Å². The van der Waals surface area contributed by atoms with Crippen LogP contribution in [0, 0.1) is 5.92 Å². The van der Waals surface area contributed by atoms with Gasteiger partial charge in [-0.3, -0.25) is 4.79 Å². The summed E-state index contributed by atoms with van der Waals surface area (Å²) < 4.78 is 0. The molecule has 2 N–H and O–H groups in total. The Morgan fingerprint density at radius 3 is 2.50 bits per heavy atom. The van der Waals surface area contributed by atoms with Crippen LogP contribution in [0.5, 0.6) is 0 Å². The predicted octanol–water partition coefficient (Wildman–Crippen LogP) is 3.86. The van der Waals surface area contributed by atoms with Crippen LogP contribution in [0.15, 0.2) is 48.5 Å². The van der Waals surface area contributed by atoms with Crippen LogP contribution in [0.2, 0.25) is 5.02 Å². The van der Waals surface area contributed by atoms with Gasteiger partial charge >= 0.3 is 5.97 Å². The molecular formula is C17H16ClNO3. The average Bonchev–Trinajstić information content (AvgIpc) is 2.48. The molecule has 0 spiro atoms. The number of benzene rings is 2. The number of carboxylic acids is 1. The highest BCUT2D eigenvalue weighted by Crippen LogP contribution is 2.22. The highest BCUT2D eigenvalue weighted by atomic mass is 35.5. The molecule has 114 valence electrons. The highest BCUT2D eigenvalue weighted by Gasteiger charge is 2.17. The summed E-state index contributed by atoms with van der Waals surface area (Å²) in [7, 11) is 0. The van der Waals surface area contributed by atoms with Crippen LogP contribution >= 0.6 is 11.6 Å². The molecule has 0 bridgehead atoms. The first kappa shape index (κ1) is 16.0. The number of hydrogen-bond acceptors (Lipinski definition) is 2. The Balaban J connectivity index is 2.11. The third kappa shape index (κ3) is 4.09. The fourth-order valence-electron chi connectivity index (χ4n) is 2.12. The van der Waals surface area contributed by atoms with E-state index < -0.39 is 5.97 Å². The average molecular weight is 318 g/mol. The molecule has 4 nitrogen and oxygen atoms in total. The van der Waals surface area contributed by atoms with E-state index in [2.05, 4.69) is 5.32 Å². The van der Waals surface area contributed by atoms with E-state index in [0.717, 1.165) is 5.56 Å².